The van der Waals surface area contributed by atoms with Gasteiger partial charge in [-0.2, -0.15) is 0 Å². The number of aliphatic hydroxyl groups is 6. The Kier molecular flexibility index (Phi) is 8.79. The monoisotopic (exact) mass is 468 g/mol. The molecule has 0 spiro atoms. The van der Waals surface area contributed by atoms with Crippen LogP contribution in [0.15, 0.2) is 0 Å². The lowest BCUT2D eigenvalue weighted by Crippen LogP contribution is -2.68. The fraction of sp³-hybridized carbons (Fsp3) is 1.00. The second kappa shape index (κ2) is 10.8. The van der Waals surface area contributed by atoms with Gasteiger partial charge in [0.25, 0.3) is 0 Å². The van der Waals surface area contributed by atoms with Gasteiger partial charge in [-0.3, -0.25) is 0 Å². The van der Waals surface area contributed by atoms with Crippen LogP contribution in [0.4, 0.5) is 0 Å². The molecule has 0 radical (unpaired) electrons. The van der Waals surface area contributed by atoms with Crippen LogP contribution >= 0.6 is 0 Å². The van der Waals surface area contributed by atoms with Crippen LogP contribution in [0.1, 0.15) is 6.42 Å². The summed E-state index contributed by atoms with van der Waals surface area (Å²) in [7, 11) is 1.57. The molecule has 3 rings (SSSR count). The smallest absolute Gasteiger partial charge is 0.185 e. The number of ether oxygens (including phenoxy) is 4. The lowest BCUT2D eigenvalue weighted by Gasteiger charge is -2.47. The molecule has 0 aromatic rings. The first kappa shape index (κ1) is 26.1. The molecule has 13 N–H and O–H groups in total. The number of likely N-dealkylation sites (N-methyl/N-ethyl adjacent to an activating group) is 1. The van der Waals surface area contributed by atoms with Gasteiger partial charge in [0.15, 0.2) is 12.6 Å². The van der Waals surface area contributed by atoms with Crippen molar-refractivity contribution in [3.05, 3.63) is 0 Å². The maximum atomic E-state index is 10.9. The minimum Gasteiger partial charge on any atom is -0.394 e. The molecule has 2 aliphatic heterocycles. The van der Waals surface area contributed by atoms with Crippen molar-refractivity contribution in [2.24, 2.45) is 17.2 Å². The average molecular weight is 469 g/mol. The molecule has 14 atom stereocenters. The van der Waals surface area contributed by atoms with Crippen LogP contribution in [-0.4, -0.2) is 136 Å². The normalized spacial score (nSPS) is 52.7. The molecule has 0 aromatic heterocycles. The third kappa shape index (κ3) is 5.08. The van der Waals surface area contributed by atoms with Crippen molar-refractivity contribution < 1.29 is 49.6 Å². The first-order valence-corrected chi connectivity index (χ1v) is 10.6. The van der Waals surface area contributed by atoms with E-state index in [2.05, 4.69) is 5.32 Å². The number of aliphatic hydroxyl groups excluding tert-OH is 6. The Morgan fingerprint density at radius 2 is 1.47 bits per heavy atom. The van der Waals surface area contributed by atoms with Crippen LogP contribution in [0.3, 0.4) is 0 Å². The van der Waals surface area contributed by atoms with Crippen LogP contribution in [0.25, 0.3) is 0 Å². The molecule has 1 saturated carbocycles. The molecule has 2 saturated heterocycles. The Hall–Kier alpha value is -0.560. The zero-order valence-electron chi connectivity index (χ0n) is 17.8. The molecule has 0 amide bonds. The Morgan fingerprint density at radius 1 is 0.875 bits per heavy atom. The lowest BCUT2D eigenvalue weighted by atomic mass is 9.84. The van der Waals surface area contributed by atoms with E-state index in [1.54, 1.807) is 7.05 Å². The summed E-state index contributed by atoms with van der Waals surface area (Å²) < 4.78 is 22.4. The van der Waals surface area contributed by atoms with E-state index in [4.69, 9.17) is 36.1 Å². The fourth-order valence-electron chi connectivity index (χ4n) is 4.45. The molecule has 2 heterocycles. The van der Waals surface area contributed by atoms with Crippen molar-refractivity contribution in [2.45, 2.75) is 92.0 Å². The maximum absolute atomic E-state index is 10.9. The zero-order chi connectivity index (χ0) is 23.7. The number of nitrogens with two attached hydrogens (primary N) is 3. The van der Waals surface area contributed by atoms with Crippen LogP contribution in [-0.2, 0) is 18.9 Å². The highest BCUT2D eigenvalue weighted by molar-refractivity contribution is 5.01. The molecule has 3 fully saturated rings. The summed E-state index contributed by atoms with van der Waals surface area (Å²) in [6.45, 7) is -0.686. The number of nitrogens with one attached hydrogen (secondary N) is 1. The van der Waals surface area contributed by atoms with Gasteiger partial charge in [-0.15, -0.1) is 0 Å². The zero-order valence-corrected chi connectivity index (χ0v) is 17.8. The highest BCUT2D eigenvalue weighted by atomic mass is 16.7. The Labute approximate surface area is 185 Å². The summed E-state index contributed by atoms with van der Waals surface area (Å²) in [6, 6.07) is -3.37. The van der Waals surface area contributed by atoms with E-state index in [-0.39, 0.29) is 13.0 Å². The molecule has 14 heteroatoms. The van der Waals surface area contributed by atoms with E-state index >= 15 is 0 Å². The summed E-state index contributed by atoms with van der Waals surface area (Å²) in [5.41, 5.74) is 18.2. The predicted molar refractivity (Wildman–Crippen MR) is 107 cm³/mol. The summed E-state index contributed by atoms with van der Waals surface area (Å²) in [4.78, 5) is 0. The van der Waals surface area contributed by atoms with E-state index in [0.29, 0.717) is 0 Å². The van der Waals surface area contributed by atoms with Gasteiger partial charge in [0.05, 0.1) is 31.4 Å². The fourth-order valence-corrected chi connectivity index (χ4v) is 4.45. The molecule has 0 aromatic carbocycles. The van der Waals surface area contributed by atoms with Crippen molar-refractivity contribution in [3.8, 4) is 0 Å². The average Bonchev–Trinajstić information content (AvgIpc) is 2.75. The van der Waals surface area contributed by atoms with E-state index in [9.17, 15) is 30.6 Å². The molecular weight excluding hydrogens is 432 g/mol. The number of hydrogen-bond acceptors (Lipinski definition) is 14. The summed E-state index contributed by atoms with van der Waals surface area (Å²) in [5.74, 6) is 0. The maximum Gasteiger partial charge on any atom is 0.185 e. The van der Waals surface area contributed by atoms with E-state index in [0.717, 1.165) is 0 Å². The van der Waals surface area contributed by atoms with Gasteiger partial charge in [0, 0.05) is 12.1 Å². The third-order valence-corrected chi connectivity index (χ3v) is 6.40. The van der Waals surface area contributed by atoms with Gasteiger partial charge in [0.2, 0.25) is 0 Å². The second-order valence-corrected chi connectivity index (χ2v) is 8.61. The molecule has 188 valence electrons. The van der Waals surface area contributed by atoms with Gasteiger partial charge in [-0.25, -0.2) is 0 Å². The summed E-state index contributed by atoms with van der Waals surface area (Å²) in [5, 5.41) is 63.6. The highest BCUT2D eigenvalue weighted by Crippen LogP contribution is 2.30. The summed E-state index contributed by atoms with van der Waals surface area (Å²) >= 11 is 0. The van der Waals surface area contributed by atoms with Crippen molar-refractivity contribution in [2.75, 3.05) is 20.3 Å². The van der Waals surface area contributed by atoms with Crippen molar-refractivity contribution >= 4 is 0 Å². The van der Waals surface area contributed by atoms with Crippen LogP contribution in [0, 0.1) is 0 Å². The molecule has 3 aliphatic rings. The second-order valence-electron chi connectivity index (χ2n) is 8.61. The minimum atomic E-state index is -1.44. The number of hydrogen-bond donors (Lipinski definition) is 10. The molecule has 1 aliphatic carbocycles. The third-order valence-electron chi connectivity index (χ3n) is 6.40. The van der Waals surface area contributed by atoms with Gasteiger partial charge >= 0.3 is 0 Å². The van der Waals surface area contributed by atoms with Gasteiger partial charge in [-0.1, -0.05) is 0 Å². The van der Waals surface area contributed by atoms with Crippen molar-refractivity contribution in [1.82, 2.24) is 5.32 Å². The highest BCUT2D eigenvalue weighted by Gasteiger charge is 2.50. The summed E-state index contributed by atoms with van der Waals surface area (Å²) in [6.07, 6.45) is -12.0. The number of rotatable bonds is 6. The Bertz CT molecular complexity index is 606. The SMILES string of the molecule is CN[C@@H]1[C@@H](O)[C@@H](O[C@H]2[C@H](O)[C@@H](O[C@H]3O[C@H](CO)[C@@H](O)[C@H](O)[C@H]3N)[C@H](N)C[C@@H]2N)OC[C@H]1O. The van der Waals surface area contributed by atoms with Crippen LogP contribution < -0.4 is 22.5 Å². The van der Waals surface area contributed by atoms with Gasteiger partial charge in [-0.05, 0) is 13.5 Å². The Balaban J connectivity index is 1.70. The van der Waals surface area contributed by atoms with E-state index < -0.39 is 92.2 Å². The quantitative estimate of drug-likeness (QED) is 0.174. The van der Waals surface area contributed by atoms with Crippen LogP contribution in [0.2, 0.25) is 0 Å². The van der Waals surface area contributed by atoms with Crippen molar-refractivity contribution in [1.29, 1.82) is 0 Å². The van der Waals surface area contributed by atoms with E-state index in [1.165, 1.54) is 0 Å². The van der Waals surface area contributed by atoms with Crippen LogP contribution in [0.5, 0.6) is 0 Å². The molecule has 32 heavy (non-hydrogen) atoms. The molecule has 0 unspecified atom stereocenters. The molecule has 14 nitrogen and oxygen atoms in total. The van der Waals surface area contributed by atoms with Gasteiger partial charge < -0.3 is 72.1 Å². The largest absolute Gasteiger partial charge is 0.394 e. The Morgan fingerprint density at radius 3 is 2.03 bits per heavy atom. The lowest BCUT2D eigenvalue weighted by molar-refractivity contribution is -0.311. The first-order chi connectivity index (χ1) is 15.1. The topological polar surface area (TPSA) is 248 Å². The minimum absolute atomic E-state index is 0.0989. The van der Waals surface area contributed by atoms with E-state index in [1.807, 2.05) is 0 Å². The molecular formula is C18H36N4O10. The predicted octanol–water partition coefficient (Wildman–Crippen LogP) is -6.39. The van der Waals surface area contributed by atoms with Gasteiger partial charge in [0.1, 0.15) is 42.7 Å². The standard InChI is InChI=1S/C18H36N4O10/c1-22-10-7(24)4-29-18(13(10)27)32-16-6(20)2-5(19)15(14(16)28)31-17-9(21)12(26)11(25)8(3-23)30-17/h5-18,22-28H,2-4,19-21H2,1H3/t5-,6+,7-,8-,9-,10+,11-,12-,13-,14-,15+,16-,17-,18-/m1/s1. The first-order valence-electron chi connectivity index (χ1n) is 10.6. The molecule has 0 bridgehead atoms. The van der Waals surface area contributed by atoms with Crippen molar-refractivity contribution in [3.63, 3.8) is 0 Å².